The van der Waals surface area contributed by atoms with Gasteiger partial charge in [-0.25, -0.2) is 4.98 Å². The van der Waals surface area contributed by atoms with Gasteiger partial charge in [-0.05, 0) is 36.2 Å². The minimum atomic E-state index is -0.350. The smallest absolute Gasteiger partial charge is 0.224 e. The zero-order valence-electron chi connectivity index (χ0n) is 12.1. The van der Waals surface area contributed by atoms with Crippen LogP contribution in [0.4, 0.5) is 0 Å². The van der Waals surface area contributed by atoms with Crippen molar-refractivity contribution in [2.45, 2.75) is 29.2 Å². The topological polar surface area (TPSA) is 94.4 Å². The number of carbonyl (C=O) groups is 1. The number of hydrogen-bond acceptors (Lipinski definition) is 5. The molecule has 0 saturated carbocycles. The Morgan fingerprint density at radius 1 is 1.41 bits per heavy atom. The van der Waals surface area contributed by atoms with E-state index >= 15 is 0 Å². The molecule has 0 saturated heterocycles. The first-order valence-corrected chi connectivity index (χ1v) is 7.74. The second-order valence-electron chi connectivity index (χ2n) is 5.20. The number of amides is 1. The van der Waals surface area contributed by atoms with Crippen LogP contribution in [0.15, 0.2) is 51.6 Å². The Labute approximate surface area is 132 Å². The van der Waals surface area contributed by atoms with Crippen LogP contribution in [-0.2, 0) is 11.2 Å². The first kappa shape index (κ1) is 14.6. The van der Waals surface area contributed by atoms with Crippen LogP contribution in [0.5, 0.6) is 0 Å². The molecule has 0 fully saturated rings. The highest BCUT2D eigenvalue weighted by Gasteiger charge is 2.22. The minimum Gasteiger partial charge on any atom is -0.369 e. The van der Waals surface area contributed by atoms with Crippen molar-refractivity contribution in [3.63, 3.8) is 0 Å². The second kappa shape index (κ2) is 5.81. The fourth-order valence-corrected chi connectivity index (χ4v) is 3.46. The molecule has 2 heterocycles. The van der Waals surface area contributed by atoms with Gasteiger partial charge in [-0.1, -0.05) is 23.9 Å². The molecule has 0 aliphatic carbocycles. The summed E-state index contributed by atoms with van der Waals surface area (Å²) >= 11 is 1.59. The molecular weight excluding hydrogens is 296 g/mol. The summed E-state index contributed by atoms with van der Waals surface area (Å²) in [7, 11) is 0. The molecule has 1 atom stereocenters. The van der Waals surface area contributed by atoms with Gasteiger partial charge in [-0.15, -0.1) is 0 Å². The highest BCUT2D eigenvalue weighted by molar-refractivity contribution is 7.99. The maximum absolute atomic E-state index is 11.4. The summed E-state index contributed by atoms with van der Waals surface area (Å²) in [4.78, 5) is 16.9. The molecule has 0 radical (unpaired) electrons. The number of aromatic nitrogens is 1. The number of carbonyl (C=O) groups excluding carboxylic acids is 1. The lowest BCUT2D eigenvalue weighted by Crippen LogP contribution is -2.19. The van der Waals surface area contributed by atoms with Crippen molar-refractivity contribution in [1.82, 2.24) is 4.98 Å². The highest BCUT2D eigenvalue weighted by Crippen LogP contribution is 2.37. The van der Waals surface area contributed by atoms with Crippen LogP contribution < -0.4 is 11.6 Å². The number of hydrogen-bond donors (Lipinski definition) is 2. The Bertz CT molecular complexity index is 772. The number of benzene rings is 1. The predicted molar refractivity (Wildman–Crippen MR) is 86.8 cm³/mol. The second-order valence-corrected chi connectivity index (χ2v) is 6.23. The molecule has 0 spiro atoms. The molecule has 1 aliphatic rings. The average molecular weight is 312 g/mol. The first-order valence-electron chi connectivity index (χ1n) is 6.92. The van der Waals surface area contributed by atoms with Crippen LogP contribution in [0.3, 0.4) is 0 Å². The van der Waals surface area contributed by atoms with Crippen LogP contribution in [0.1, 0.15) is 29.5 Å². The van der Waals surface area contributed by atoms with Crippen LogP contribution in [-0.4, -0.2) is 16.6 Å². The summed E-state index contributed by atoms with van der Waals surface area (Å²) in [6.07, 6.45) is 2.40. The summed E-state index contributed by atoms with van der Waals surface area (Å²) in [5.41, 5.74) is 9.09. The molecule has 1 aliphatic heterocycles. The molecule has 0 bridgehead atoms. The fourth-order valence-electron chi connectivity index (χ4n) is 2.44. The van der Waals surface area contributed by atoms with E-state index in [1.165, 1.54) is 0 Å². The van der Waals surface area contributed by atoms with Crippen molar-refractivity contribution < 1.29 is 4.79 Å². The molecule has 5 nitrogen and oxygen atoms in total. The molecule has 112 valence electrons. The van der Waals surface area contributed by atoms with E-state index in [1.807, 2.05) is 30.3 Å². The van der Waals surface area contributed by atoms with Crippen LogP contribution in [0.25, 0.3) is 0 Å². The number of nitrogens with two attached hydrogens (primary N) is 2. The third-order valence-corrected chi connectivity index (χ3v) is 4.95. The van der Waals surface area contributed by atoms with E-state index in [1.54, 1.807) is 24.9 Å². The SMILES string of the molecule is CC(C(N)=O)c1ccc2c(c1)C(=NN)Cc1cccnc1S2. The maximum atomic E-state index is 11.4. The Hall–Kier alpha value is -2.34. The molecule has 4 N–H and O–H groups in total. The molecule has 22 heavy (non-hydrogen) atoms. The van der Waals surface area contributed by atoms with Crippen LogP contribution in [0.2, 0.25) is 0 Å². The van der Waals surface area contributed by atoms with Gasteiger partial charge >= 0.3 is 0 Å². The van der Waals surface area contributed by atoms with Gasteiger partial charge in [0.05, 0.1) is 11.6 Å². The summed E-state index contributed by atoms with van der Waals surface area (Å²) < 4.78 is 0. The fraction of sp³-hybridized carbons (Fsp3) is 0.188. The molecule has 6 heteroatoms. The molecular formula is C16H16N4OS. The number of primary amides is 1. The van der Waals surface area contributed by atoms with Crippen molar-refractivity contribution in [2.24, 2.45) is 16.7 Å². The van der Waals surface area contributed by atoms with E-state index in [2.05, 4.69) is 10.1 Å². The van der Waals surface area contributed by atoms with Crippen LogP contribution >= 0.6 is 11.8 Å². The number of rotatable bonds is 2. The number of pyridine rings is 1. The standard InChI is InChI=1S/C16H16N4OS/c1-9(15(17)21)10-4-5-14-12(7-10)13(20-18)8-11-3-2-6-19-16(11)22-14/h2-7,9H,8,18H2,1H3,(H2,17,21). The third kappa shape index (κ3) is 2.57. The lowest BCUT2D eigenvalue weighted by Gasteiger charge is -2.12. The number of nitrogens with zero attached hydrogens (tertiary/aromatic N) is 2. The van der Waals surface area contributed by atoms with Crippen molar-refractivity contribution in [3.8, 4) is 0 Å². The Kier molecular flexibility index (Phi) is 3.85. The minimum absolute atomic E-state index is 0.349. The molecule has 1 unspecified atom stereocenters. The van der Waals surface area contributed by atoms with Gasteiger partial charge in [0.25, 0.3) is 0 Å². The van der Waals surface area contributed by atoms with E-state index in [-0.39, 0.29) is 11.8 Å². The average Bonchev–Trinajstić information content (AvgIpc) is 2.69. The first-order chi connectivity index (χ1) is 10.6. The van der Waals surface area contributed by atoms with Crippen molar-refractivity contribution in [2.75, 3.05) is 0 Å². The van der Waals surface area contributed by atoms with Crippen LogP contribution in [0, 0.1) is 0 Å². The Morgan fingerprint density at radius 2 is 2.23 bits per heavy atom. The van der Waals surface area contributed by atoms with E-state index in [0.717, 1.165) is 32.3 Å². The van der Waals surface area contributed by atoms with Crippen molar-refractivity contribution >= 4 is 23.4 Å². The largest absolute Gasteiger partial charge is 0.369 e. The van der Waals surface area contributed by atoms with Gasteiger partial charge in [-0.2, -0.15) is 5.10 Å². The highest BCUT2D eigenvalue weighted by atomic mass is 32.2. The quantitative estimate of drug-likeness (QED) is 0.655. The van der Waals surface area contributed by atoms with Gasteiger partial charge in [0.15, 0.2) is 0 Å². The van der Waals surface area contributed by atoms with Crippen molar-refractivity contribution in [3.05, 3.63) is 53.2 Å². The van der Waals surface area contributed by atoms with E-state index in [0.29, 0.717) is 6.42 Å². The van der Waals surface area contributed by atoms with Gasteiger partial charge < -0.3 is 11.6 Å². The molecule has 1 aromatic heterocycles. The van der Waals surface area contributed by atoms with Gasteiger partial charge in [-0.3, -0.25) is 4.79 Å². The summed E-state index contributed by atoms with van der Waals surface area (Å²) in [6.45, 7) is 1.80. The lowest BCUT2D eigenvalue weighted by molar-refractivity contribution is -0.119. The number of hydrazone groups is 1. The molecule has 2 aromatic rings. The lowest BCUT2D eigenvalue weighted by atomic mass is 9.95. The van der Waals surface area contributed by atoms with Crippen molar-refractivity contribution in [1.29, 1.82) is 0 Å². The Balaban J connectivity index is 2.11. The monoisotopic (exact) mass is 312 g/mol. The third-order valence-electron chi connectivity index (χ3n) is 3.81. The van der Waals surface area contributed by atoms with Gasteiger partial charge in [0.2, 0.25) is 5.91 Å². The van der Waals surface area contributed by atoms with Gasteiger partial charge in [0.1, 0.15) is 5.03 Å². The van der Waals surface area contributed by atoms with E-state index in [4.69, 9.17) is 11.6 Å². The number of fused-ring (bicyclic) bond motifs is 2. The van der Waals surface area contributed by atoms with E-state index in [9.17, 15) is 4.79 Å². The zero-order valence-corrected chi connectivity index (χ0v) is 12.9. The molecule has 1 amide bonds. The maximum Gasteiger partial charge on any atom is 0.224 e. The summed E-state index contributed by atoms with van der Waals surface area (Å²) in [5, 5.41) is 4.91. The predicted octanol–water partition coefficient (Wildman–Crippen LogP) is 2.04. The van der Waals surface area contributed by atoms with Gasteiger partial charge in [0, 0.05) is 23.1 Å². The zero-order chi connectivity index (χ0) is 15.7. The Morgan fingerprint density at radius 3 is 2.95 bits per heavy atom. The molecule has 3 rings (SSSR count). The summed E-state index contributed by atoms with van der Waals surface area (Å²) in [6, 6.07) is 9.78. The molecule has 1 aromatic carbocycles. The summed E-state index contributed by atoms with van der Waals surface area (Å²) in [5.74, 6) is 4.90. The van der Waals surface area contributed by atoms with E-state index < -0.39 is 0 Å². The normalized spacial score (nSPS) is 16.5.